The van der Waals surface area contributed by atoms with Crippen LogP contribution in [0.4, 0.5) is 0 Å². The predicted molar refractivity (Wildman–Crippen MR) is 54.7 cm³/mol. The molecule has 0 amide bonds. The molecule has 78 valence electrons. The minimum absolute atomic E-state index is 0.0914. The van der Waals surface area contributed by atoms with Gasteiger partial charge in [0.1, 0.15) is 0 Å². The molecule has 0 bridgehead atoms. The number of aliphatic hydroxyl groups excluding tert-OH is 1. The van der Waals surface area contributed by atoms with Crippen LogP contribution < -0.4 is 5.32 Å². The average Bonchev–Trinajstić information content (AvgIpc) is 2.18. The van der Waals surface area contributed by atoms with Gasteiger partial charge in [0.2, 0.25) is 0 Å². The Hall–Kier alpha value is -1.00. The van der Waals surface area contributed by atoms with Gasteiger partial charge in [0, 0.05) is 31.2 Å². The van der Waals surface area contributed by atoms with E-state index in [1.807, 2.05) is 0 Å². The first kappa shape index (κ1) is 11.1. The highest BCUT2D eigenvalue weighted by atomic mass is 16.3. The van der Waals surface area contributed by atoms with E-state index in [9.17, 15) is 0 Å². The van der Waals surface area contributed by atoms with Gasteiger partial charge >= 0.3 is 0 Å². The zero-order valence-electron chi connectivity index (χ0n) is 8.64. The Morgan fingerprint density at radius 3 is 2.71 bits per heavy atom. The van der Waals surface area contributed by atoms with Crippen LogP contribution in [0.1, 0.15) is 32.0 Å². The van der Waals surface area contributed by atoms with Crippen molar-refractivity contribution in [3.63, 3.8) is 0 Å². The van der Waals surface area contributed by atoms with Gasteiger partial charge in [0.05, 0.1) is 11.7 Å². The second kappa shape index (κ2) is 5.67. The Bertz CT molecular complexity index is 251. The van der Waals surface area contributed by atoms with Crippen molar-refractivity contribution in [2.75, 3.05) is 6.61 Å². The third kappa shape index (κ3) is 3.40. The molecule has 0 aliphatic carbocycles. The van der Waals surface area contributed by atoms with Crippen LogP contribution in [0.15, 0.2) is 18.6 Å². The van der Waals surface area contributed by atoms with E-state index < -0.39 is 0 Å². The van der Waals surface area contributed by atoms with E-state index in [0.29, 0.717) is 12.5 Å². The number of aliphatic hydroxyl groups is 1. The number of hydrogen-bond acceptors (Lipinski definition) is 4. The molecular weight excluding hydrogens is 178 g/mol. The second-order valence-electron chi connectivity index (χ2n) is 3.52. The van der Waals surface area contributed by atoms with Crippen LogP contribution in [0.2, 0.25) is 0 Å². The monoisotopic (exact) mass is 195 g/mol. The van der Waals surface area contributed by atoms with E-state index in [4.69, 9.17) is 5.11 Å². The smallest absolute Gasteiger partial charge is 0.0757 e. The predicted octanol–water partition coefficient (Wildman–Crippen LogP) is 0.898. The largest absolute Gasteiger partial charge is 0.396 e. The molecule has 0 saturated carbocycles. The Labute approximate surface area is 84.4 Å². The molecule has 1 heterocycles. The van der Waals surface area contributed by atoms with Crippen molar-refractivity contribution in [3.8, 4) is 0 Å². The van der Waals surface area contributed by atoms with Gasteiger partial charge < -0.3 is 10.4 Å². The lowest BCUT2D eigenvalue weighted by Crippen LogP contribution is -2.29. The fourth-order valence-corrected chi connectivity index (χ4v) is 1.34. The van der Waals surface area contributed by atoms with E-state index in [1.54, 1.807) is 18.6 Å². The molecule has 0 saturated heterocycles. The molecular formula is C10H17N3O. The molecule has 0 aliphatic heterocycles. The molecule has 1 aromatic heterocycles. The van der Waals surface area contributed by atoms with E-state index >= 15 is 0 Å². The highest BCUT2D eigenvalue weighted by Crippen LogP contribution is 2.12. The average molecular weight is 195 g/mol. The number of hydrogen-bond donors (Lipinski definition) is 2. The topological polar surface area (TPSA) is 58.0 Å². The molecule has 0 aromatic carbocycles. The lowest BCUT2D eigenvalue weighted by atomic mass is 10.1. The quantitative estimate of drug-likeness (QED) is 0.733. The highest BCUT2D eigenvalue weighted by Gasteiger charge is 2.12. The molecule has 0 aliphatic rings. The zero-order chi connectivity index (χ0) is 10.4. The molecule has 1 rings (SSSR count). The van der Waals surface area contributed by atoms with Gasteiger partial charge in [-0.15, -0.1) is 0 Å². The highest BCUT2D eigenvalue weighted by molar-refractivity contribution is 5.02. The summed E-state index contributed by atoms with van der Waals surface area (Å²) in [4.78, 5) is 8.23. The third-order valence-corrected chi connectivity index (χ3v) is 1.89. The molecule has 0 radical (unpaired) electrons. The summed E-state index contributed by atoms with van der Waals surface area (Å²) in [6, 6.07) is 0.460. The van der Waals surface area contributed by atoms with E-state index in [2.05, 4.69) is 29.1 Å². The van der Waals surface area contributed by atoms with Crippen LogP contribution in [0.5, 0.6) is 0 Å². The molecule has 1 atom stereocenters. The van der Waals surface area contributed by atoms with Gasteiger partial charge in [-0.05, 0) is 6.42 Å². The van der Waals surface area contributed by atoms with Gasteiger partial charge in [0.25, 0.3) is 0 Å². The summed E-state index contributed by atoms with van der Waals surface area (Å²) in [5.41, 5.74) is 0.884. The second-order valence-corrected chi connectivity index (χ2v) is 3.52. The summed E-state index contributed by atoms with van der Waals surface area (Å²) >= 11 is 0. The zero-order valence-corrected chi connectivity index (χ0v) is 8.64. The number of nitrogens with zero attached hydrogens (tertiary/aromatic N) is 2. The van der Waals surface area contributed by atoms with Gasteiger partial charge in [-0.25, -0.2) is 0 Å². The van der Waals surface area contributed by atoms with Crippen molar-refractivity contribution in [3.05, 3.63) is 24.3 Å². The maximum Gasteiger partial charge on any atom is 0.0757 e. The molecule has 0 unspecified atom stereocenters. The Morgan fingerprint density at radius 2 is 2.21 bits per heavy atom. The van der Waals surface area contributed by atoms with E-state index in [1.165, 1.54) is 0 Å². The van der Waals surface area contributed by atoms with Crippen LogP contribution >= 0.6 is 0 Å². The SMILES string of the molecule is CC(C)N[C@H](CCO)c1cnccn1. The van der Waals surface area contributed by atoms with Gasteiger partial charge in [0.15, 0.2) is 0 Å². The van der Waals surface area contributed by atoms with Crippen LogP contribution in [0, 0.1) is 0 Å². The first-order valence-electron chi connectivity index (χ1n) is 4.87. The number of rotatable bonds is 5. The van der Waals surface area contributed by atoms with Gasteiger partial charge in [-0.1, -0.05) is 13.8 Å². The Balaban J connectivity index is 2.67. The van der Waals surface area contributed by atoms with E-state index in [-0.39, 0.29) is 12.6 Å². The lowest BCUT2D eigenvalue weighted by Gasteiger charge is -2.19. The summed E-state index contributed by atoms with van der Waals surface area (Å²) in [6.07, 6.45) is 5.71. The van der Waals surface area contributed by atoms with Crippen molar-refractivity contribution in [1.29, 1.82) is 0 Å². The Kier molecular flexibility index (Phi) is 4.49. The van der Waals surface area contributed by atoms with Crippen LogP contribution in [0.3, 0.4) is 0 Å². The van der Waals surface area contributed by atoms with Crippen molar-refractivity contribution in [1.82, 2.24) is 15.3 Å². The van der Waals surface area contributed by atoms with Crippen molar-refractivity contribution in [2.45, 2.75) is 32.4 Å². The molecule has 0 fully saturated rings. The molecule has 0 spiro atoms. The summed E-state index contributed by atoms with van der Waals surface area (Å²) in [5, 5.41) is 12.3. The Morgan fingerprint density at radius 1 is 1.43 bits per heavy atom. The fraction of sp³-hybridized carbons (Fsp3) is 0.600. The maximum absolute atomic E-state index is 8.92. The van der Waals surface area contributed by atoms with Crippen molar-refractivity contribution in [2.24, 2.45) is 0 Å². The first-order valence-corrected chi connectivity index (χ1v) is 4.87. The van der Waals surface area contributed by atoms with Crippen LogP contribution in [-0.4, -0.2) is 27.7 Å². The van der Waals surface area contributed by atoms with Crippen molar-refractivity contribution >= 4 is 0 Å². The summed E-state index contributed by atoms with van der Waals surface area (Å²) in [6.45, 7) is 4.29. The first-order chi connectivity index (χ1) is 6.74. The van der Waals surface area contributed by atoms with Crippen LogP contribution in [-0.2, 0) is 0 Å². The van der Waals surface area contributed by atoms with Gasteiger partial charge in [-0.2, -0.15) is 0 Å². The van der Waals surface area contributed by atoms with E-state index in [0.717, 1.165) is 5.69 Å². The number of aromatic nitrogens is 2. The standard InChI is InChI=1S/C10H17N3O/c1-8(2)13-9(3-6-14)10-7-11-4-5-12-10/h4-5,7-9,13-14H,3,6H2,1-2H3/t9-/m1/s1. The van der Waals surface area contributed by atoms with Gasteiger partial charge in [-0.3, -0.25) is 9.97 Å². The summed E-state index contributed by atoms with van der Waals surface area (Å²) in [7, 11) is 0. The minimum Gasteiger partial charge on any atom is -0.396 e. The van der Waals surface area contributed by atoms with Crippen molar-refractivity contribution < 1.29 is 5.11 Å². The number of nitrogens with one attached hydrogen (secondary N) is 1. The molecule has 1 aromatic rings. The lowest BCUT2D eigenvalue weighted by molar-refractivity contribution is 0.260. The normalized spacial score (nSPS) is 13.1. The molecule has 4 heteroatoms. The molecule has 2 N–H and O–H groups in total. The van der Waals surface area contributed by atoms with Crippen LogP contribution in [0.25, 0.3) is 0 Å². The molecule has 14 heavy (non-hydrogen) atoms. The minimum atomic E-state index is 0.0914. The molecule has 4 nitrogen and oxygen atoms in total. The fourth-order valence-electron chi connectivity index (χ4n) is 1.34. The summed E-state index contributed by atoms with van der Waals surface area (Å²) < 4.78 is 0. The summed E-state index contributed by atoms with van der Waals surface area (Å²) in [5.74, 6) is 0. The maximum atomic E-state index is 8.92. The third-order valence-electron chi connectivity index (χ3n) is 1.89.